The second-order valence-electron chi connectivity index (χ2n) is 6.21. The third kappa shape index (κ3) is 5.20. The van der Waals surface area contributed by atoms with Gasteiger partial charge < -0.3 is 10.6 Å². The number of aryl methyl sites for hydroxylation is 2. The average Bonchev–Trinajstić information content (AvgIpc) is 2.50. The van der Waals surface area contributed by atoms with Gasteiger partial charge in [0, 0.05) is 23.3 Å². The summed E-state index contributed by atoms with van der Waals surface area (Å²) in [5.74, 6) is 1.54. The number of nitrogens with zero attached hydrogens (tertiary/aromatic N) is 2. The van der Waals surface area contributed by atoms with Crippen molar-refractivity contribution in [2.24, 2.45) is 5.92 Å². The molecule has 5 nitrogen and oxygen atoms in total. The molecule has 0 saturated carbocycles. The predicted molar refractivity (Wildman–Crippen MR) is 98.9 cm³/mol. The number of hydrogen-bond donors (Lipinski definition) is 2. The van der Waals surface area contributed by atoms with Crippen LogP contribution in [-0.4, -0.2) is 22.4 Å². The zero-order chi connectivity index (χ0) is 17.7. The summed E-state index contributed by atoms with van der Waals surface area (Å²) >= 11 is 6.09. The molecule has 0 saturated heterocycles. The van der Waals surface area contributed by atoms with E-state index in [0.717, 1.165) is 18.5 Å². The van der Waals surface area contributed by atoms with Crippen LogP contribution < -0.4 is 10.6 Å². The molecule has 2 N–H and O–H groups in total. The van der Waals surface area contributed by atoms with Gasteiger partial charge in [0.15, 0.2) is 0 Å². The lowest BCUT2D eigenvalue weighted by molar-refractivity contribution is 0.102. The first-order chi connectivity index (χ1) is 11.3. The second kappa shape index (κ2) is 8.11. The van der Waals surface area contributed by atoms with Gasteiger partial charge in [-0.1, -0.05) is 31.5 Å². The van der Waals surface area contributed by atoms with Crippen LogP contribution in [0.4, 0.5) is 11.5 Å². The summed E-state index contributed by atoms with van der Waals surface area (Å²) in [5.41, 5.74) is 1.93. The van der Waals surface area contributed by atoms with Crippen LogP contribution in [0.5, 0.6) is 0 Å². The molecule has 0 aliphatic carbocycles. The van der Waals surface area contributed by atoms with Gasteiger partial charge in [-0.3, -0.25) is 4.79 Å². The number of halogens is 1. The fourth-order valence-corrected chi connectivity index (χ4v) is 2.31. The fraction of sp³-hybridized carbons (Fsp3) is 0.389. The number of aromatic nitrogens is 2. The zero-order valence-electron chi connectivity index (χ0n) is 14.5. The standard InChI is InChI=1S/C18H23ClN4O/c1-11(2)7-8-20-17-10-16(21-13(4)22-17)18(24)23-14-6-5-12(3)15(19)9-14/h5-6,9-11H,7-8H2,1-4H3,(H,23,24)(H,20,21,22). The van der Waals surface area contributed by atoms with E-state index < -0.39 is 0 Å². The van der Waals surface area contributed by atoms with Crippen molar-refractivity contribution in [3.8, 4) is 0 Å². The molecule has 0 unspecified atom stereocenters. The van der Waals surface area contributed by atoms with Crippen molar-refractivity contribution in [2.45, 2.75) is 34.1 Å². The van der Waals surface area contributed by atoms with Gasteiger partial charge in [-0.15, -0.1) is 0 Å². The number of amides is 1. The van der Waals surface area contributed by atoms with Crippen LogP contribution in [0.2, 0.25) is 5.02 Å². The van der Waals surface area contributed by atoms with Crippen molar-refractivity contribution in [3.05, 3.63) is 46.4 Å². The van der Waals surface area contributed by atoms with Gasteiger partial charge >= 0.3 is 0 Å². The van der Waals surface area contributed by atoms with Gasteiger partial charge in [0.25, 0.3) is 5.91 Å². The Balaban J connectivity index is 2.10. The van der Waals surface area contributed by atoms with Crippen molar-refractivity contribution in [3.63, 3.8) is 0 Å². The van der Waals surface area contributed by atoms with Gasteiger partial charge in [-0.05, 0) is 43.9 Å². The first-order valence-electron chi connectivity index (χ1n) is 8.02. The van der Waals surface area contributed by atoms with Crippen LogP contribution in [0.25, 0.3) is 0 Å². The smallest absolute Gasteiger partial charge is 0.274 e. The number of benzene rings is 1. The first-order valence-corrected chi connectivity index (χ1v) is 8.40. The number of nitrogens with one attached hydrogen (secondary N) is 2. The average molecular weight is 347 g/mol. The summed E-state index contributed by atoms with van der Waals surface area (Å²) in [6.45, 7) is 8.82. The van der Waals surface area contributed by atoms with Gasteiger partial charge in [0.2, 0.25) is 0 Å². The maximum Gasteiger partial charge on any atom is 0.274 e. The number of anilines is 2. The fourth-order valence-electron chi connectivity index (χ4n) is 2.13. The molecule has 1 aromatic heterocycles. The van der Waals surface area contributed by atoms with E-state index in [9.17, 15) is 4.79 Å². The van der Waals surface area contributed by atoms with Crippen LogP contribution in [0.15, 0.2) is 24.3 Å². The predicted octanol–water partition coefficient (Wildman–Crippen LogP) is 4.46. The van der Waals surface area contributed by atoms with E-state index >= 15 is 0 Å². The van der Waals surface area contributed by atoms with Crippen molar-refractivity contribution in [1.82, 2.24) is 9.97 Å². The SMILES string of the molecule is Cc1nc(NCCC(C)C)cc(C(=O)Nc2ccc(C)c(Cl)c2)n1. The molecule has 0 bridgehead atoms. The Morgan fingerprint density at radius 3 is 2.62 bits per heavy atom. The van der Waals surface area contributed by atoms with Crippen LogP contribution in [0.3, 0.4) is 0 Å². The van der Waals surface area contributed by atoms with E-state index in [2.05, 4.69) is 34.4 Å². The minimum atomic E-state index is -0.285. The van der Waals surface area contributed by atoms with Crippen LogP contribution in [-0.2, 0) is 0 Å². The molecule has 0 aliphatic rings. The largest absolute Gasteiger partial charge is 0.370 e. The Labute approximate surface area is 147 Å². The summed E-state index contributed by atoms with van der Waals surface area (Å²) in [6, 6.07) is 7.07. The summed E-state index contributed by atoms with van der Waals surface area (Å²) in [4.78, 5) is 21.0. The molecule has 0 spiro atoms. The molecule has 2 rings (SSSR count). The number of rotatable bonds is 6. The summed E-state index contributed by atoms with van der Waals surface area (Å²) in [6.07, 6.45) is 1.03. The van der Waals surface area contributed by atoms with E-state index in [1.165, 1.54) is 0 Å². The molecule has 128 valence electrons. The molecule has 0 radical (unpaired) electrons. The lowest BCUT2D eigenvalue weighted by atomic mass is 10.1. The van der Waals surface area contributed by atoms with Crippen LogP contribution in [0, 0.1) is 19.8 Å². The summed E-state index contributed by atoms with van der Waals surface area (Å²) in [5, 5.41) is 6.67. The van der Waals surface area contributed by atoms with E-state index in [1.54, 1.807) is 19.1 Å². The Bertz CT molecular complexity index is 731. The van der Waals surface area contributed by atoms with Gasteiger partial charge in [-0.2, -0.15) is 0 Å². The van der Waals surface area contributed by atoms with Gasteiger partial charge in [-0.25, -0.2) is 9.97 Å². The quantitative estimate of drug-likeness (QED) is 0.810. The monoisotopic (exact) mass is 346 g/mol. The normalized spacial score (nSPS) is 10.8. The summed E-state index contributed by atoms with van der Waals surface area (Å²) in [7, 11) is 0. The molecular weight excluding hydrogens is 324 g/mol. The van der Waals surface area contributed by atoms with Crippen molar-refractivity contribution < 1.29 is 4.79 Å². The highest BCUT2D eigenvalue weighted by molar-refractivity contribution is 6.31. The molecule has 1 amide bonds. The first kappa shape index (κ1) is 18.2. The maximum absolute atomic E-state index is 12.4. The Morgan fingerprint density at radius 1 is 1.21 bits per heavy atom. The maximum atomic E-state index is 12.4. The third-order valence-electron chi connectivity index (χ3n) is 3.53. The molecule has 0 aliphatic heterocycles. The highest BCUT2D eigenvalue weighted by Crippen LogP contribution is 2.20. The molecule has 24 heavy (non-hydrogen) atoms. The topological polar surface area (TPSA) is 66.9 Å². The molecule has 2 aromatic rings. The zero-order valence-corrected chi connectivity index (χ0v) is 15.2. The third-order valence-corrected chi connectivity index (χ3v) is 3.94. The highest BCUT2D eigenvalue weighted by Gasteiger charge is 2.11. The van der Waals surface area contributed by atoms with Crippen molar-refractivity contribution >= 4 is 29.0 Å². The number of hydrogen-bond acceptors (Lipinski definition) is 4. The molecule has 1 aromatic carbocycles. The Morgan fingerprint density at radius 2 is 1.96 bits per heavy atom. The van der Waals surface area contributed by atoms with E-state index in [-0.39, 0.29) is 5.91 Å². The van der Waals surface area contributed by atoms with E-state index in [4.69, 9.17) is 11.6 Å². The van der Waals surface area contributed by atoms with Crippen LogP contribution >= 0.6 is 11.6 Å². The molecule has 6 heteroatoms. The lowest BCUT2D eigenvalue weighted by Crippen LogP contribution is -2.16. The van der Waals surface area contributed by atoms with E-state index in [1.807, 2.05) is 19.1 Å². The van der Waals surface area contributed by atoms with Crippen molar-refractivity contribution in [2.75, 3.05) is 17.2 Å². The highest BCUT2D eigenvalue weighted by atomic mass is 35.5. The lowest BCUT2D eigenvalue weighted by Gasteiger charge is -2.10. The minimum absolute atomic E-state index is 0.285. The van der Waals surface area contributed by atoms with Gasteiger partial charge in [0.1, 0.15) is 17.3 Å². The second-order valence-corrected chi connectivity index (χ2v) is 6.62. The minimum Gasteiger partial charge on any atom is -0.370 e. The van der Waals surface area contributed by atoms with E-state index in [0.29, 0.717) is 34.0 Å². The van der Waals surface area contributed by atoms with Gasteiger partial charge in [0.05, 0.1) is 0 Å². The molecular formula is C18H23ClN4O. The van der Waals surface area contributed by atoms with Crippen LogP contribution in [0.1, 0.15) is 42.1 Å². The van der Waals surface area contributed by atoms with Crippen molar-refractivity contribution in [1.29, 1.82) is 0 Å². The number of carbonyl (C=O) groups excluding carboxylic acids is 1. The Hall–Kier alpha value is -2.14. The molecule has 0 atom stereocenters. The summed E-state index contributed by atoms with van der Waals surface area (Å²) < 4.78 is 0. The Kier molecular flexibility index (Phi) is 6.15. The molecule has 1 heterocycles. The molecule has 0 fully saturated rings. The number of carbonyl (C=O) groups is 1.